The van der Waals surface area contributed by atoms with Crippen LogP contribution >= 0.6 is 11.6 Å². The number of carboxylic acids is 1. The molecule has 0 aliphatic heterocycles. The average molecular weight is 291 g/mol. The molecule has 0 spiro atoms. The highest BCUT2D eigenvalue weighted by Crippen LogP contribution is 2.21. The number of nitrogens with one attached hydrogen (secondary N) is 1. The van der Waals surface area contributed by atoms with Crippen LogP contribution in [0.25, 0.3) is 0 Å². The molecule has 0 atom stereocenters. The van der Waals surface area contributed by atoms with E-state index >= 15 is 0 Å². The molecule has 0 bridgehead atoms. The SMILES string of the molecule is Cc1oc(CNc2ccc(C#N)c(Cl)c2)cc1C(=O)O. The topological polar surface area (TPSA) is 86.3 Å². The van der Waals surface area contributed by atoms with Crippen LogP contribution in [0.1, 0.15) is 27.4 Å². The molecule has 0 saturated carbocycles. The number of aryl methyl sites for hydroxylation is 1. The lowest BCUT2D eigenvalue weighted by atomic mass is 10.2. The molecule has 0 aliphatic carbocycles. The Hall–Kier alpha value is -2.45. The molecule has 2 rings (SSSR count). The second-order valence-corrected chi connectivity index (χ2v) is 4.55. The molecule has 1 aromatic heterocycles. The molecule has 0 amide bonds. The first kappa shape index (κ1) is 14.0. The Balaban J connectivity index is 2.09. The summed E-state index contributed by atoms with van der Waals surface area (Å²) in [5, 5.41) is 21.1. The van der Waals surface area contributed by atoms with E-state index in [1.807, 2.05) is 6.07 Å². The minimum Gasteiger partial charge on any atom is -0.478 e. The van der Waals surface area contributed by atoms with Gasteiger partial charge in [0.05, 0.1) is 17.1 Å². The molecular formula is C14H11ClN2O3. The normalized spacial score (nSPS) is 10.1. The Morgan fingerprint density at radius 3 is 2.80 bits per heavy atom. The van der Waals surface area contributed by atoms with Gasteiger partial charge in [-0.05, 0) is 31.2 Å². The minimum absolute atomic E-state index is 0.152. The Bertz CT molecular complexity index is 701. The number of benzene rings is 1. The van der Waals surface area contributed by atoms with Crippen molar-refractivity contribution in [2.45, 2.75) is 13.5 Å². The van der Waals surface area contributed by atoms with E-state index in [1.165, 1.54) is 6.07 Å². The molecular weight excluding hydrogens is 280 g/mol. The summed E-state index contributed by atoms with van der Waals surface area (Å²) in [4.78, 5) is 10.9. The predicted octanol–water partition coefficient (Wildman–Crippen LogP) is 3.42. The number of hydrogen-bond acceptors (Lipinski definition) is 4. The van der Waals surface area contributed by atoms with E-state index < -0.39 is 5.97 Å². The highest BCUT2D eigenvalue weighted by molar-refractivity contribution is 6.32. The largest absolute Gasteiger partial charge is 0.478 e. The highest BCUT2D eigenvalue weighted by atomic mass is 35.5. The lowest BCUT2D eigenvalue weighted by molar-refractivity contribution is 0.0695. The van der Waals surface area contributed by atoms with Gasteiger partial charge in [-0.2, -0.15) is 5.26 Å². The van der Waals surface area contributed by atoms with Gasteiger partial charge in [-0.25, -0.2) is 4.79 Å². The Kier molecular flexibility index (Phi) is 3.97. The number of rotatable bonds is 4. The summed E-state index contributed by atoms with van der Waals surface area (Å²) in [5.74, 6) is -0.133. The molecule has 2 aromatic rings. The summed E-state index contributed by atoms with van der Waals surface area (Å²) in [6, 6.07) is 8.42. The summed E-state index contributed by atoms with van der Waals surface area (Å²) in [7, 11) is 0. The maximum Gasteiger partial charge on any atom is 0.339 e. The van der Waals surface area contributed by atoms with E-state index in [9.17, 15) is 4.79 Å². The lowest BCUT2D eigenvalue weighted by Gasteiger charge is -2.05. The van der Waals surface area contributed by atoms with Crippen LogP contribution in [-0.4, -0.2) is 11.1 Å². The van der Waals surface area contributed by atoms with Crippen LogP contribution in [0.15, 0.2) is 28.7 Å². The van der Waals surface area contributed by atoms with Crippen molar-refractivity contribution in [3.8, 4) is 6.07 Å². The van der Waals surface area contributed by atoms with Crippen LogP contribution < -0.4 is 5.32 Å². The first-order valence-corrected chi connectivity index (χ1v) is 6.15. The van der Waals surface area contributed by atoms with E-state index in [1.54, 1.807) is 25.1 Å². The third kappa shape index (κ3) is 2.92. The number of carboxylic acid groups (broad SMARTS) is 1. The lowest BCUT2D eigenvalue weighted by Crippen LogP contribution is -1.99. The van der Waals surface area contributed by atoms with Gasteiger partial charge in [0.25, 0.3) is 0 Å². The molecule has 0 unspecified atom stereocenters. The first-order chi connectivity index (χ1) is 9.51. The van der Waals surface area contributed by atoms with E-state index in [4.69, 9.17) is 26.4 Å². The number of carbonyl (C=O) groups is 1. The third-order valence-corrected chi connectivity index (χ3v) is 3.07. The van der Waals surface area contributed by atoms with E-state index in [0.717, 1.165) is 5.69 Å². The molecule has 102 valence electrons. The molecule has 2 N–H and O–H groups in total. The molecule has 0 fully saturated rings. The zero-order valence-electron chi connectivity index (χ0n) is 10.6. The van der Waals surface area contributed by atoms with Crippen molar-refractivity contribution < 1.29 is 14.3 Å². The second kappa shape index (κ2) is 5.68. The number of furan rings is 1. The fourth-order valence-corrected chi connectivity index (χ4v) is 1.97. The number of aromatic carboxylic acids is 1. The number of anilines is 1. The van der Waals surface area contributed by atoms with E-state index in [-0.39, 0.29) is 5.56 Å². The van der Waals surface area contributed by atoms with Crippen molar-refractivity contribution in [1.82, 2.24) is 0 Å². The van der Waals surface area contributed by atoms with Gasteiger partial charge in [-0.1, -0.05) is 11.6 Å². The van der Waals surface area contributed by atoms with Gasteiger partial charge in [0.2, 0.25) is 0 Å². The van der Waals surface area contributed by atoms with Crippen molar-refractivity contribution in [3.63, 3.8) is 0 Å². The van der Waals surface area contributed by atoms with Gasteiger partial charge in [-0.15, -0.1) is 0 Å². The number of nitrogens with zero attached hydrogens (tertiary/aromatic N) is 1. The number of nitriles is 1. The van der Waals surface area contributed by atoms with Crippen LogP contribution in [0.4, 0.5) is 5.69 Å². The van der Waals surface area contributed by atoms with Crippen molar-refractivity contribution in [3.05, 3.63) is 51.9 Å². The predicted molar refractivity (Wildman–Crippen MR) is 73.9 cm³/mol. The number of halogens is 1. The van der Waals surface area contributed by atoms with Gasteiger partial charge in [0.1, 0.15) is 23.2 Å². The van der Waals surface area contributed by atoms with Crippen molar-refractivity contribution in [2.75, 3.05) is 5.32 Å². The van der Waals surface area contributed by atoms with Crippen molar-refractivity contribution >= 4 is 23.3 Å². The van der Waals surface area contributed by atoms with Crippen molar-refractivity contribution in [2.24, 2.45) is 0 Å². The molecule has 0 aliphatic rings. The smallest absolute Gasteiger partial charge is 0.339 e. The van der Waals surface area contributed by atoms with Crippen LogP contribution in [-0.2, 0) is 6.54 Å². The van der Waals surface area contributed by atoms with Gasteiger partial charge in [0.15, 0.2) is 0 Å². The number of hydrogen-bond donors (Lipinski definition) is 2. The summed E-state index contributed by atoms with van der Waals surface area (Å²) in [6.07, 6.45) is 0. The van der Waals surface area contributed by atoms with E-state index in [2.05, 4.69) is 5.32 Å². The van der Waals surface area contributed by atoms with Crippen molar-refractivity contribution in [1.29, 1.82) is 5.26 Å². The fourth-order valence-electron chi connectivity index (χ4n) is 1.75. The monoisotopic (exact) mass is 290 g/mol. The minimum atomic E-state index is -1.01. The summed E-state index contributed by atoms with van der Waals surface area (Å²) in [6.45, 7) is 1.93. The van der Waals surface area contributed by atoms with Gasteiger partial charge >= 0.3 is 5.97 Å². The summed E-state index contributed by atoms with van der Waals surface area (Å²) < 4.78 is 5.34. The maximum absolute atomic E-state index is 10.9. The van der Waals surface area contributed by atoms with Crippen LogP contribution in [0.5, 0.6) is 0 Å². The quantitative estimate of drug-likeness (QED) is 0.901. The molecule has 0 radical (unpaired) electrons. The molecule has 0 saturated heterocycles. The average Bonchev–Trinajstić information content (AvgIpc) is 2.78. The Morgan fingerprint density at radius 1 is 1.50 bits per heavy atom. The summed E-state index contributed by atoms with van der Waals surface area (Å²) in [5.41, 5.74) is 1.28. The Morgan fingerprint density at radius 2 is 2.25 bits per heavy atom. The standard InChI is InChI=1S/C14H11ClN2O3/c1-8-12(14(18)19)5-11(20-8)7-17-10-3-2-9(6-16)13(15)4-10/h2-5,17H,7H2,1H3,(H,18,19). The van der Waals surface area contributed by atoms with Crippen LogP contribution in [0, 0.1) is 18.3 Å². The van der Waals surface area contributed by atoms with Crippen LogP contribution in [0.2, 0.25) is 5.02 Å². The van der Waals surface area contributed by atoms with Gasteiger partial charge in [0, 0.05) is 5.69 Å². The fraction of sp³-hybridized carbons (Fsp3) is 0.143. The molecule has 1 heterocycles. The molecule has 6 heteroatoms. The Labute approximate surface area is 120 Å². The third-order valence-electron chi connectivity index (χ3n) is 2.76. The first-order valence-electron chi connectivity index (χ1n) is 5.77. The second-order valence-electron chi connectivity index (χ2n) is 4.15. The van der Waals surface area contributed by atoms with Gasteiger partial charge in [-0.3, -0.25) is 0 Å². The van der Waals surface area contributed by atoms with Gasteiger partial charge < -0.3 is 14.8 Å². The van der Waals surface area contributed by atoms with Crippen LogP contribution in [0.3, 0.4) is 0 Å². The molecule has 5 nitrogen and oxygen atoms in total. The zero-order chi connectivity index (χ0) is 14.7. The molecule has 1 aromatic carbocycles. The highest BCUT2D eigenvalue weighted by Gasteiger charge is 2.13. The molecule has 20 heavy (non-hydrogen) atoms. The zero-order valence-corrected chi connectivity index (χ0v) is 11.4. The van der Waals surface area contributed by atoms with E-state index in [0.29, 0.717) is 28.7 Å². The maximum atomic E-state index is 10.9. The summed E-state index contributed by atoms with van der Waals surface area (Å²) >= 11 is 5.92.